The maximum atomic E-state index is 12.1. The number of aromatic nitrogens is 1. The predicted molar refractivity (Wildman–Crippen MR) is 75.9 cm³/mol. The van der Waals surface area contributed by atoms with Crippen molar-refractivity contribution in [3.63, 3.8) is 0 Å². The molecule has 0 unspecified atom stereocenters. The number of nitrogens with zero attached hydrogens (tertiary/aromatic N) is 3. The van der Waals surface area contributed by atoms with Crippen LogP contribution in [0, 0.1) is 0 Å². The van der Waals surface area contributed by atoms with Gasteiger partial charge in [-0.3, -0.25) is 14.7 Å². The quantitative estimate of drug-likeness (QED) is 0.807. The Morgan fingerprint density at radius 3 is 2.63 bits per heavy atom. The number of carbonyl (C=O) groups excluding carboxylic acids is 1. The van der Waals surface area contributed by atoms with Gasteiger partial charge in [-0.2, -0.15) is 0 Å². The van der Waals surface area contributed by atoms with Crippen molar-refractivity contribution in [2.45, 2.75) is 25.7 Å². The minimum Gasteiger partial charge on any atom is -0.342 e. The molecular weight excluding hydrogens is 238 g/mol. The molecule has 0 bridgehead atoms. The first-order chi connectivity index (χ1) is 9.25. The lowest BCUT2D eigenvalue weighted by atomic mass is 10.1. The summed E-state index contributed by atoms with van der Waals surface area (Å²) >= 11 is 0. The van der Waals surface area contributed by atoms with Gasteiger partial charge in [0, 0.05) is 32.0 Å². The summed E-state index contributed by atoms with van der Waals surface area (Å²) in [5, 5.41) is 0. The SMILES string of the molecule is CN(CCc1ccncc1)CC(=O)N1CCCCC1. The van der Waals surface area contributed by atoms with Gasteiger partial charge in [0.05, 0.1) is 6.54 Å². The van der Waals surface area contributed by atoms with E-state index in [0.29, 0.717) is 6.54 Å². The van der Waals surface area contributed by atoms with Crippen molar-refractivity contribution in [1.82, 2.24) is 14.8 Å². The van der Waals surface area contributed by atoms with Crippen LogP contribution in [-0.4, -0.2) is 53.9 Å². The second kappa shape index (κ2) is 7.24. The van der Waals surface area contributed by atoms with E-state index >= 15 is 0 Å². The molecule has 0 spiro atoms. The van der Waals surface area contributed by atoms with Crippen LogP contribution in [-0.2, 0) is 11.2 Å². The van der Waals surface area contributed by atoms with Gasteiger partial charge in [-0.15, -0.1) is 0 Å². The van der Waals surface area contributed by atoms with Crippen LogP contribution in [0.4, 0.5) is 0 Å². The molecule has 1 fully saturated rings. The maximum Gasteiger partial charge on any atom is 0.236 e. The smallest absolute Gasteiger partial charge is 0.236 e. The van der Waals surface area contributed by atoms with E-state index < -0.39 is 0 Å². The minimum absolute atomic E-state index is 0.275. The summed E-state index contributed by atoms with van der Waals surface area (Å²) in [5.74, 6) is 0.275. The van der Waals surface area contributed by atoms with E-state index in [0.717, 1.165) is 38.9 Å². The average molecular weight is 261 g/mol. The van der Waals surface area contributed by atoms with E-state index in [2.05, 4.69) is 9.88 Å². The summed E-state index contributed by atoms with van der Waals surface area (Å²) in [7, 11) is 2.02. The summed E-state index contributed by atoms with van der Waals surface area (Å²) in [6, 6.07) is 4.06. The number of rotatable bonds is 5. The van der Waals surface area contributed by atoms with Crippen LogP contribution in [0.5, 0.6) is 0 Å². The first kappa shape index (κ1) is 14.0. The number of hydrogen-bond acceptors (Lipinski definition) is 3. The number of piperidine rings is 1. The summed E-state index contributed by atoms with van der Waals surface area (Å²) in [5.41, 5.74) is 1.27. The fourth-order valence-corrected chi connectivity index (χ4v) is 2.42. The highest BCUT2D eigenvalue weighted by Gasteiger charge is 2.17. The topological polar surface area (TPSA) is 36.4 Å². The molecule has 1 aromatic heterocycles. The Bertz CT molecular complexity index is 388. The normalized spacial score (nSPS) is 15.8. The van der Waals surface area contributed by atoms with Gasteiger partial charge < -0.3 is 4.90 Å². The van der Waals surface area contributed by atoms with Crippen molar-refractivity contribution in [2.75, 3.05) is 33.2 Å². The minimum atomic E-state index is 0.275. The van der Waals surface area contributed by atoms with Crippen LogP contribution in [0.15, 0.2) is 24.5 Å². The van der Waals surface area contributed by atoms with E-state index in [1.54, 1.807) is 0 Å². The molecule has 0 aromatic carbocycles. The van der Waals surface area contributed by atoms with Crippen LogP contribution in [0.3, 0.4) is 0 Å². The molecule has 0 saturated carbocycles. The zero-order valence-corrected chi connectivity index (χ0v) is 11.7. The molecule has 4 nitrogen and oxygen atoms in total. The molecule has 0 radical (unpaired) electrons. The number of amides is 1. The van der Waals surface area contributed by atoms with E-state index in [9.17, 15) is 4.79 Å². The second-order valence-electron chi connectivity index (χ2n) is 5.28. The van der Waals surface area contributed by atoms with Gasteiger partial charge in [-0.1, -0.05) is 0 Å². The number of carbonyl (C=O) groups is 1. The van der Waals surface area contributed by atoms with Gasteiger partial charge in [0.1, 0.15) is 0 Å². The highest BCUT2D eigenvalue weighted by Crippen LogP contribution is 2.09. The predicted octanol–water partition coefficient (Wildman–Crippen LogP) is 1.57. The van der Waals surface area contributed by atoms with Crippen LogP contribution in [0.1, 0.15) is 24.8 Å². The molecular formula is C15H23N3O. The highest BCUT2D eigenvalue weighted by atomic mass is 16.2. The van der Waals surface area contributed by atoms with E-state index in [1.807, 2.05) is 36.5 Å². The zero-order valence-electron chi connectivity index (χ0n) is 11.7. The van der Waals surface area contributed by atoms with Gasteiger partial charge in [-0.25, -0.2) is 0 Å². The Morgan fingerprint density at radius 2 is 1.95 bits per heavy atom. The highest BCUT2D eigenvalue weighted by molar-refractivity contribution is 5.78. The Morgan fingerprint density at radius 1 is 1.26 bits per heavy atom. The third kappa shape index (κ3) is 4.63. The zero-order chi connectivity index (χ0) is 13.5. The van der Waals surface area contributed by atoms with Crippen LogP contribution >= 0.6 is 0 Å². The fraction of sp³-hybridized carbons (Fsp3) is 0.600. The van der Waals surface area contributed by atoms with Crippen LogP contribution < -0.4 is 0 Å². The molecule has 0 atom stereocenters. The lowest BCUT2D eigenvalue weighted by Gasteiger charge is -2.28. The molecule has 0 N–H and O–H groups in total. The number of hydrogen-bond donors (Lipinski definition) is 0. The van der Waals surface area contributed by atoms with Crippen molar-refractivity contribution in [3.8, 4) is 0 Å². The van der Waals surface area contributed by atoms with Gasteiger partial charge in [0.25, 0.3) is 0 Å². The molecule has 104 valence electrons. The molecule has 1 amide bonds. The Balaban J connectivity index is 1.71. The lowest BCUT2D eigenvalue weighted by molar-refractivity contribution is -0.133. The molecule has 4 heteroatoms. The van der Waals surface area contributed by atoms with Gasteiger partial charge in [0.2, 0.25) is 5.91 Å². The summed E-state index contributed by atoms with van der Waals surface area (Å²) in [6.45, 7) is 3.32. The third-order valence-electron chi connectivity index (χ3n) is 3.65. The molecule has 19 heavy (non-hydrogen) atoms. The molecule has 1 aromatic rings. The standard InChI is InChI=1S/C15H23N3O/c1-17(12-7-14-5-8-16-9-6-14)13-15(19)18-10-3-2-4-11-18/h5-6,8-9H,2-4,7,10-13H2,1H3. The Labute approximate surface area is 115 Å². The van der Waals surface area contributed by atoms with Crippen molar-refractivity contribution in [1.29, 1.82) is 0 Å². The Kier molecular flexibility index (Phi) is 5.33. The summed E-state index contributed by atoms with van der Waals surface area (Å²) in [4.78, 5) is 20.2. The molecule has 1 aliphatic heterocycles. The largest absolute Gasteiger partial charge is 0.342 e. The molecule has 0 aliphatic carbocycles. The van der Waals surface area contributed by atoms with Gasteiger partial charge in [0.15, 0.2) is 0 Å². The van der Waals surface area contributed by atoms with Gasteiger partial charge in [-0.05, 0) is 50.4 Å². The van der Waals surface area contributed by atoms with Crippen molar-refractivity contribution < 1.29 is 4.79 Å². The van der Waals surface area contributed by atoms with Crippen molar-refractivity contribution >= 4 is 5.91 Å². The fourth-order valence-electron chi connectivity index (χ4n) is 2.42. The van der Waals surface area contributed by atoms with E-state index in [-0.39, 0.29) is 5.91 Å². The first-order valence-electron chi connectivity index (χ1n) is 7.11. The van der Waals surface area contributed by atoms with E-state index in [4.69, 9.17) is 0 Å². The maximum absolute atomic E-state index is 12.1. The monoisotopic (exact) mass is 261 g/mol. The first-order valence-corrected chi connectivity index (χ1v) is 7.11. The average Bonchev–Trinajstić information content (AvgIpc) is 2.47. The summed E-state index contributed by atoms with van der Waals surface area (Å²) in [6.07, 6.45) is 8.18. The van der Waals surface area contributed by atoms with Gasteiger partial charge >= 0.3 is 0 Å². The molecule has 2 rings (SSSR count). The molecule has 2 heterocycles. The number of pyridine rings is 1. The van der Waals surface area contributed by atoms with Crippen molar-refractivity contribution in [2.24, 2.45) is 0 Å². The Hall–Kier alpha value is -1.42. The summed E-state index contributed by atoms with van der Waals surface area (Å²) < 4.78 is 0. The third-order valence-corrected chi connectivity index (χ3v) is 3.65. The van der Waals surface area contributed by atoms with Crippen molar-refractivity contribution in [3.05, 3.63) is 30.1 Å². The van der Waals surface area contributed by atoms with Crippen LogP contribution in [0.2, 0.25) is 0 Å². The van der Waals surface area contributed by atoms with E-state index in [1.165, 1.54) is 12.0 Å². The lowest BCUT2D eigenvalue weighted by Crippen LogP contribution is -2.42. The number of likely N-dealkylation sites (tertiary alicyclic amines) is 1. The second-order valence-corrected chi connectivity index (χ2v) is 5.28. The number of likely N-dealkylation sites (N-methyl/N-ethyl adjacent to an activating group) is 1. The molecule has 1 aliphatic rings. The molecule has 1 saturated heterocycles. The van der Waals surface area contributed by atoms with Crippen LogP contribution in [0.25, 0.3) is 0 Å².